The lowest BCUT2D eigenvalue weighted by Gasteiger charge is -2.28. The number of nitrogens with one attached hydrogen (secondary N) is 1. The molecule has 6 heteroatoms. The Morgan fingerprint density at radius 3 is 2.84 bits per heavy atom. The van der Waals surface area contributed by atoms with Crippen molar-refractivity contribution in [3.05, 3.63) is 36.8 Å². The number of pyridine rings is 1. The Morgan fingerprint density at radius 2 is 2.04 bits per heavy atom. The van der Waals surface area contributed by atoms with Gasteiger partial charge in [-0.25, -0.2) is 0 Å². The molecular formula is C19H26N4O2. The molecule has 1 aliphatic carbocycles. The molecular weight excluding hydrogens is 316 g/mol. The summed E-state index contributed by atoms with van der Waals surface area (Å²) >= 11 is 0. The number of rotatable bonds is 7. The molecule has 0 unspecified atom stereocenters. The van der Waals surface area contributed by atoms with Crippen molar-refractivity contribution in [3.63, 3.8) is 0 Å². The van der Waals surface area contributed by atoms with Gasteiger partial charge in [0.1, 0.15) is 6.54 Å². The van der Waals surface area contributed by atoms with Crippen LogP contribution in [0.1, 0.15) is 32.6 Å². The van der Waals surface area contributed by atoms with Gasteiger partial charge in [-0.15, -0.1) is 0 Å². The molecule has 1 fully saturated rings. The van der Waals surface area contributed by atoms with Gasteiger partial charge in [0.2, 0.25) is 5.91 Å². The lowest BCUT2D eigenvalue weighted by molar-refractivity contribution is -0.122. The Bertz CT molecular complexity index is 671. The summed E-state index contributed by atoms with van der Waals surface area (Å²) in [6, 6.07) is 5.71. The molecule has 1 saturated carbocycles. The molecule has 0 spiro atoms. The highest BCUT2D eigenvalue weighted by Crippen LogP contribution is 2.26. The third-order valence-corrected chi connectivity index (χ3v) is 4.77. The highest BCUT2D eigenvalue weighted by molar-refractivity contribution is 5.76. The molecule has 1 N–H and O–H groups in total. The zero-order valence-corrected chi connectivity index (χ0v) is 14.7. The van der Waals surface area contributed by atoms with E-state index in [1.807, 2.05) is 18.2 Å². The number of aromatic nitrogens is 3. The molecule has 2 aromatic rings. The van der Waals surface area contributed by atoms with Crippen molar-refractivity contribution in [1.29, 1.82) is 0 Å². The van der Waals surface area contributed by atoms with Gasteiger partial charge in [0.05, 0.1) is 18.4 Å². The Balaban J connectivity index is 1.43. The van der Waals surface area contributed by atoms with E-state index in [9.17, 15) is 4.79 Å². The van der Waals surface area contributed by atoms with Crippen molar-refractivity contribution in [2.45, 2.75) is 45.3 Å². The third kappa shape index (κ3) is 4.89. The fraction of sp³-hybridized carbons (Fsp3) is 0.526. The first-order valence-corrected chi connectivity index (χ1v) is 9.04. The van der Waals surface area contributed by atoms with E-state index >= 15 is 0 Å². The molecule has 134 valence electrons. The summed E-state index contributed by atoms with van der Waals surface area (Å²) in [4.78, 5) is 16.2. The first kappa shape index (κ1) is 17.6. The monoisotopic (exact) mass is 342 g/mol. The Labute approximate surface area is 148 Å². The predicted octanol–water partition coefficient (Wildman–Crippen LogP) is 2.66. The minimum Gasteiger partial charge on any atom is -0.376 e. The standard InChI is InChI=1S/C19H26N4O2/c1-15-4-2-3-5-18(15)25-13-12-21-19(24)14-23-17(8-11-22-23)16-6-9-20-10-7-16/h6-11,15,18H,2-5,12-14H2,1H3,(H,21,24)/t15-,18-/m1/s1. The van der Waals surface area contributed by atoms with Crippen molar-refractivity contribution >= 4 is 5.91 Å². The van der Waals surface area contributed by atoms with Crippen LogP contribution < -0.4 is 5.32 Å². The van der Waals surface area contributed by atoms with E-state index in [1.54, 1.807) is 23.3 Å². The van der Waals surface area contributed by atoms with Crippen molar-refractivity contribution < 1.29 is 9.53 Å². The summed E-state index contributed by atoms with van der Waals surface area (Å²) in [5, 5.41) is 7.17. The molecule has 0 aliphatic heterocycles. The number of hydrogen-bond donors (Lipinski definition) is 1. The molecule has 1 amide bonds. The van der Waals surface area contributed by atoms with Gasteiger partial charge >= 0.3 is 0 Å². The highest BCUT2D eigenvalue weighted by Gasteiger charge is 2.21. The van der Waals surface area contributed by atoms with E-state index in [-0.39, 0.29) is 12.5 Å². The Kier molecular flexibility index (Phi) is 6.17. The quantitative estimate of drug-likeness (QED) is 0.786. The smallest absolute Gasteiger partial charge is 0.241 e. The van der Waals surface area contributed by atoms with Gasteiger partial charge < -0.3 is 10.1 Å². The van der Waals surface area contributed by atoms with Crippen LogP contribution in [-0.4, -0.2) is 39.9 Å². The maximum Gasteiger partial charge on any atom is 0.241 e. The van der Waals surface area contributed by atoms with Gasteiger partial charge in [-0.05, 0) is 37.0 Å². The summed E-state index contributed by atoms with van der Waals surface area (Å²) in [7, 11) is 0. The van der Waals surface area contributed by atoms with Crippen LogP contribution in [0.15, 0.2) is 36.8 Å². The fourth-order valence-corrected chi connectivity index (χ4v) is 3.35. The van der Waals surface area contributed by atoms with Crippen LogP contribution in [0.4, 0.5) is 0 Å². The van der Waals surface area contributed by atoms with Crippen LogP contribution in [0.5, 0.6) is 0 Å². The fourth-order valence-electron chi connectivity index (χ4n) is 3.35. The minimum atomic E-state index is -0.0562. The molecule has 3 rings (SSSR count). The maximum atomic E-state index is 12.2. The molecule has 0 bridgehead atoms. The van der Waals surface area contributed by atoms with E-state index in [1.165, 1.54) is 19.3 Å². The van der Waals surface area contributed by atoms with Crippen LogP contribution in [0.2, 0.25) is 0 Å². The van der Waals surface area contributed by atoms with Gasteiger partial charge in [0.15, 0.2) is 0 Å². The average Bonchev–Trinajstić information content (AvgIpc) is 3.09. The summed E-state index contributed by atoms with van der Waals surface area (Å²) in [6.45, 7) is 3.55. The Morgan fingerprint density at radius 1 is 1.24 bits per heavy atom. The first-order chi connectivity index (χ1) is 12.2. The maximum absolute atomic E-state index is 12.2. The van der Waals surface area contributed by atoms with E-state index in [2.05, 4.69) is 22.3 Å². The average molecular weight is 342 g/mol. The van der Waals surface area contributed by atoms with Gasteiger partial charge in [-0.3, -0.25) is 14.5 Å². The van der Waals surface area contributed by atoms with Crippen molar-refractivity contribution in [3.8, 4) is 11.3 Å². The van der Waals surface area contributed by atoms with Crippen molar-refractivity contribution in [1.82, 2.24) is 20.1 Å². The molecule has 6 nitrogen and oxygen atoms in total. The first-order valence-electron chi connectivity index (χ1n) is 9.04. The van der Waals surface area contributed by atoms with Crippen LogP contribution >= 0.6 is 0 Å². The highest BCUT2D eigenvalue weighted by atomic mass is 16.5. The topological polar surface area (TPSA) is 69.0 Å². The summed E-state index contributed by atoms with van der Waals surface area (Å²) in [5.41, 5.74) is 1.90. The van der Waals surface area contributed by atoms with E-state index in [0.29, 0.717) is 25.2 Å². The van der Waals surface area contributed by atoms with Gasteiger partial charge in [0.25, 0.3) is 0 Å². The molecule has 2 atom stereocenters. The molecule has 1 aliphatic rings. The zero-order chi connectivity index (χ0) is 17.5. The van der Waals surface area contributed by atoms with Gasteiger partial charge in [-0.2, -0.15) is 5.10 Å². The zero-order valence-electron chi connectivity index (χ0n) is 14.7. The van der Waals surface area contributed by atoms with Gasteiger partial charge in [-0.1, -0.05) is 19.8 Å². The molecule has 25 heavy (non-hydrogen) atoms. The van der Waals surface area contributed by atoms with Gasteiger partial charge in [0, 0.05) is 30.7 Å². The Hall–Kier alpha value is -2.21. The molecule has 2 heterocycles. The van der Waals surface area contributed by atoms with E-state index in [4.69, 9.17) is 4.74 Å². The van der Waals surface area contributed by atoms with Crippen LogP contribution in [0.25, 0.3) is 11.3 Å². The van der Waals surface area contributed by atoms with Crippen molar-refractivity contribution in [2.24, 2.45) is 5.92 Å². The van der Waals surface area contributed by atoms with E-state index in [0.717, 1.165) is 17.7 Å². The summed E-state index contributed by atoms with van der Waals surface area (Å²) in [6.07, 6.45) is 10.4. The molecule has 0 aromatic carbocycles. The molecule has 2 aromatic heterocycles. The van der Waals surface area contributed by atoms with Crippen LogP contribution in [-0.2, 0) is 16.1 Å². The van der Waals surface area contributed by atoms with Crippen molar-refractivity contribution in [2.75, 3.05) is 13.2 Å². The number of hydrogen-bond acceptors (Lipinski definition) is 4. The minimum absolute atomic E-state index is 0.0562. The van der Waals surface area contributed by atoms with Crippen LogP contribution in [0, 0.1) is 5.92 Å². The third-order valence-electron chi connectivity index (χ3n) is 4.77. The second kappa shape index (κ2) is 8.76. The predicted molar refractivity (Wildman–Crippen MR) is 95.8 cm³/mol. The second-order valence-corrected chi connectivity index (χ2v) is 6.63. The largest absolute Gasteiger partial charge is 0.376 e. The molecule has 0 saturated heterocycles. The number of ether oxygens (including phenoxy) is 1. The lowest BCUT2D eigenvalue weighted by Crippen LogP contribution is -2.33. The van der Waals surface area contributed by atoms with E-state index < -0.39 is 0 Å². The SMILES string of the molecule is C[C@@H]1CCCC[C@H]1OCCNC(=O)Cn1nccc1-c1ccncc1. The number of carbonyl (C=O) groups excluding carboxylic acids is 1. The number of amides is 1. The summed E-state index contributed by atoms with van der Waals surface area (Å²) in [5.74, 6) is 0.566. The number of nitrogens with zero attached hydrogens (tertiary/aromatic N) is 3. The summed E-state index contributed by atoms with van der Waals surface area (Å²) < 4.78 is 7.63. The second-order valence-electron chi connectivity index (χ2n) is 6.63. The normalized spacial score (nSPS) is 20.4. The number of carbonyl (C=O) groups is 1. The lowest BCUT2D eigenvalue weighted by atomic mass is 9.88. The van der Waals surface area contributed by atoms with Crippen LogP contribution in [0.3, 0.4) is 0 Å². The molecule has 0 radical (unpaired) electrons.